The SMILES string of the molecule is Cc1cn(CCOc2ccc(C(=O)O)cc2)c(=O)[nH]c1=O. The van der Waals surface area contributed by atoms with Crippen molar-refractivity contribution in [2.75, 3.05) is 6.61 Å². The van der Waals surface area contributed by atoms with E-state index < -0.39 is 17.2 Å². The van der Waals surface area contributed by atoms with Crippen molar-refractivity contribution >= 4 is 5.97 Å². The van der Waals surface area contributed by atoms with Crippen LogP contribution >= 0.6 is 0 Å². The van der Waals surface area contributed by atoms with Gasteiger partial charge in [0.2, 0.25) is 0 Å². The van der Waals surface area contributed by atoms with Crippen LogP contribution in [0, 0.1) is 6.92 Å². The third kappa shape index (κ3) is 3.59. The number of H-pyrrole nitrogens is 1. The normalized spacial score (nSPS) is 10.3. The van der Waals surface area contributed by atoms with E-state index in [2.05, 4.69) is 4.98 Å². The second-order valence-electron chi connectivity index (χ2n) is 4.44. The topological polar surface area (TPSA) is 101 Å². The Morgan fingerprint density at radius 2 is 1.95 bits per heavy atom. The summed E-state index contributed by atoms with van der Waals surface area (Å²) in [6.45, 7) is 2.11. The van der Waals surface area contributed by atoms with E-state index in [-0.39, 0.29) is 18.7 Å². The summed E-state index contributed by atoms with van der Waals surface area (Å²) in [5.74, 6) is -0.494. The fraction of sp³-hybridized carbons (Fsp3) is 0.214. The molecule has 0 atom stereocenters. The van der Waals surface area contributed by atoms with Crippen molar-refractivity contribution in [2.24, 2.45) is 0 Å². The molecule has 0 saturated heterocycles. The van der Waals surface area contributed by atoms with Crippen LogP contribution in [0.15, 0.2) is 40.1 Å². The lowest BCUT2D eigenvalue weighted by Gasteiger charge is -2.08. The highest BCUT2D eigenvalue weighted by Gasteiger charge is 2.03. The molecule has 0 radical (unpaired) electrons. The van der Waals surface area contributed by atoms with E-state index in [9.17, 15) is 14.4 Å². The molecule has 0 spiro atoms. The first-order chi connectivity index (χ1) is 9.97. The van der Waals surface area contributed by atoms with Gasteiger partial charge < -0.3 is 9.84 Å². The van der Waals surface area contributed by atoms with E-state index in [1.165, 1.54) is 22.9 Å². The monoisotopic (exact) mass is 290 g/mol. The molecule has 0 unspecified atom stereocenters. The summed E-state index contributed by atoms with van der Waals surface area (Å²) >= 11 is 0. The van der Waals surface area contributed by atoms with Crippen molar-refractivity contribution in [3.05, 3.63) is 62.4 Å². The highest BCUT2D eigenvalue weighted by atomic mass is 16.5. The molecule has 0 aliphatic rings. The predicted molar refractivity (Wildman–Crippen MR) is 75.0 cm³/mol. The number of aryl methyl sites for hydroxylation is 1. The number of hydrogen-bond donors (Lipinski definition) is 2. The predicted octanol–water partition coefficient (Wildman–Crippen LogP) is 0.622. The average molecular weight is 290 g/mol. The van der Waals surface area contributed by atoms with Crippen LogP contribution in [0.3, 0.4) is 0 Å². The molecule has 7 heteroatoms. The number of carbonyl (C=O) groups is 1. The number of ether oxygens (including phenoxy) is 1. The van der Waals surface area contributed by atoms with Gasteiger partial charge in [0, 0.05) is 11.8 Å². The molecule has 0 fully saturated rings. The molecule has 0 aliphatic carbocycles. The molecular formula is C14H14N2O5. The van der Waals surface area contributed by atoms with Crippen LogP contribution in [0.25, 0.3) is 0 Å². The number of nitrogens with one attached hydrogen (secondary N) is 1. The van der Waals surface area contributed by atoms with Crippen LogP contribution in [0.2, 0.25) is 0 Å². The van der Waals surface area contributed by atoms with Crippen molar-refractivity contribution < 1.29 is 14.6 Å². The molecule has 1 heterocycles. The second-order valence-corrected chi connectivity index (χ2v) is 4.44. The Labute approximate surface area is 119 Å². The lowest BCUT2D eigenvalue weighted by Crippen LogP contribution is -2.32. The maximum atomic E-state index is 11.5. The van der Waals surface area contributed by atoms with Crippen molar-refractivity contribution in [3.8, 4) is 5.75 Å². The number of aromatic amines is 1. The minimum absolute atomic E-state index is 0.176. The zero-order valence-corrected chi connectivity index (χ0v) is 11.3. The van der Waals surface area contributed by atoms with Gasteiger partial charge in [-0.1, -0.05) is 0 Å². The first kappa shape index (κ1) is 14.6. The van der Waals surface area contributed by atoms with E-state index in [1.807, 2.05) is 0 Å². The Kier molecular flexibility index (Phi) is 4.22. The van der Waals surface area contributed by atoms with Crippen LogP contribution in [0.4, 0.5) is 0 Å². The summed E-state index contributed by atoms with van der Waals surface area (Å²) in [6, 6.07) is 5.97. The van der Waals surface area contributed by atoms with Gasteiger partial charge in [-0.3, -0.25) is 14.3 Å². The van der Waals surface area contributed by atoms with Crippen LogP contribution < -0.4 is 16.0 Å². The lowest BCUT2D eigenvalue weighted by molar-refractivity contribution is 0.0697. The van der Waals surface area contributed by atoms with Crippen molar-refractivity contribution in [1.82, 2.24) is 9.55 Å². The Balaban J connectivity index is 1.98. The molecular weight excluding hydrogens is 276 g/mol. The molecule has 110 valence electrons. The highest BCUT2D eigenvalue weighted by Crippen LogP contribution is 2.12. The molecule has 1 aromatic heterocycles. The second kappa shape index (κ2) is 6.08. The van der Waals surface area contributed by atoms with Gasteiger partial charge in [0.25, 0.3) is 5.56 Å². The van der Waals surface area contributed by atoms with Gasteiger partial charge >= 0.3 is 11.7 Å². The molecule has 2 N–H and O–H groups in total. The molecule has 0 bridgehead atoms. The number of carboxylic acids is 1. The van der Waals surface area contributed by atoms with Gasteiger partial charge in [0.05, 0.1) is 12.1 Å². The van der Waals surface area contributed by atoms with E-state index in [1.54, 1.807) is 19.1 Å². The number of carboxylic acid groups (broad SMARTS) is 1. The summed E-state index contributed by atoms with van der Waals surface area (Å²) in [7, 11) is 0. The largest absolute Gasteiger partial charge is 0.492 e. The van der Waals surface area contributed by atoms with Gasteiger partial charge in [-0.2, -0.15) is 0 Å². The molecule has 7 nitrogen and oxygen atoms in total. The summed E-state index contributed by atoms with van der Waals surface area (Å²) < 4.78 is 6.77. The van der Waals surface area contributed by atoms with Crippen LogP contribution in [-0.4, -0.2) is 27.2 Å². The molecule has 0 aliphatic heterocycles. The van der Waals surface area contributed by atoms with Gasteiger partial charge in [0.15, 0.2) is 0 Å². The summed E-state index contributed by atoms with van der Waals surface area (Å²) in [5.41, 5.74) is -0.271. The Bertz CT molecular complexity index is 758. The van der Waals surface area contributed by atoms with Crippen molar-refractivity contribution in [1.29, 1.82) is 0 Å². The first-order valence-electron chi connectivity index (χ1n) is 6.24. The molecule has 2 aromatic rings. The zero-order valence-electron chi connectivity index (χ0n) is 11.3. The minimum atomic E-state index is -1.00. The number of benzene rings is 1. The zero-order chi connectivity index (χ0) is 15.4. The van der Waals surface area contributed by atoms with Gasteiger partial charge in [0.1, 0.15) is 12.4 Å². The highest BCUT2D eigenvalue weighted by molar-refractivity contribution is 5.87. The fourth-order valence-electron chi connectivity index (χ4n) is 1.74. The minimum Gasteiger partial charge on any atom is -0.492 e. The Morgan fingerprint density at radius 1 is 1.29 bits per heavy atom. The molecule has 1 aromatic carbocycles. The van der Waals surface area contributed by atoms with Crippen molar-refractivity contribution in [3.63, 3.8) is 0 Å². The molecule has 2 rings (SSSR count). The fourth-order valence-corrected chi connectivity index (χ4v) is 1.74. The van der Waals surface area contributed by atoms with Crippen LogP contribution in [-0.2, 0) is 6.54 Å². The summed E-state index contributed by atoms with van der Waals surface area (Å²) in [4.78, 5) is 35.7. The van der Waals surface area contributed by atoms with Crippen LogP contribution in [0.5, 0.6) is 5.75 Å². The quantitative estimate of drug-likeness (QED) is 0.840. The number of rotatable bonds is 5. The van der Waals surface area contributed by atoms with Gasteiger partial charge in [-0.15, -0.1) is 0 Å². The summed E-state index contributed by atoms with van der Waals surface area (Å²) in [6.07, 6.45) is 1.47. The third-order valence-electron chi connectivity index (χ3n) is 2.89. The summed E-state index contributed by atoms with van der Waals surface area (Å²) in [5, 5.41) is 8.77. The number of hydrogen-bond acceptors (Lipinski definition) is 4. The van der Waals surface area contributed by atoms with E-state index in [0.29, 0.717) is 11.3 Å². The maximum Gasteiger partial charge on any atom is 0.335 e. The lowest BCUT2D eigenvalue weighted by atomic mass is 10.2. The van der Waals surface area contributed by atoms with Crippen molar-refractivity contribution in [2.45, 2.75) is 13.5 Å². The number of nitrogens with zero attached hydrogens (tertiary/aromatic N) is 1. The number of aromatic nitrogens is 2. The molecule has 0 saturated carbocycles. The van der Waals surface area contributed by atoms with Gasteiger partial charge in [-0.05, 0) is 31.2 Å². The maximum absolute atomic E-state index is 11.5. The van der Waals surface area contributed by atoms with E-state index in [0.717, 1.165) is 0 Å². The Hall–Kier alpha value is -2.83. The van der Waals surface area contributed by atoms with Gasteiger partial charge in [-0.25, -0.2) is 9.59 Å². The smallest absolute Gasteiger partial charge is 0.335 e. The standard InChI is InChI=1S/C14H14N2O5/c1-9-8-16(14(20)15-12(9)17)6-7-21-11-4-2-10(3-5-11)13(18)19/h2-5,8H,6-7H2,1H3,(H,18,19)(H,15,17,20). The third-order valence-corrected chi connectivity index (χ3v) is 2.89. The average Bonchev–Trinajstić information content (AvgIpc) is 2.45. The number of aromatic carboxylic acids is 1. The van der Waals surface area contributed by atoms with E-state index in [4.69, 9.17) is 9.84 Å². The Morgan fingerprint density at radius 3 is 2.57 bits per heavy atom. The molecule has 21 heavy (non-hydrogen) atoms. The van der Waals surface area contributed by atoms with Crippen LogP contribution in [0.1, 0.15) is 15.9 Å². The first-order valence-corrected chi connectivity index (χ1v) is 6.24. The molecule has 0 amide bonds. The van der Waals surface area contributed by atoms with E-state index >= 15 is 0 Å².